The van der Waals surface area contributed by atoms with E-state index in [0.29, 0.717) is 19.0 Å². The van der Waals surface area contributed by atoms with Crippen molar-refractivity contribution in [1.82, 2.24) is 19.5 Å². The van der Waals surface area contributed by atoms with Crippen molar-refractivity contribution in [2.75, 3.05) is 23.7 Å². The van der Waals surface area contributed by atoms with Crippen LogP contribution in [0.2, 0.25) is 0 Å². The van der Waals surface area contributed by atoms with Gasteiger partial charge in [0.05, 0.1) is 11.0 Å². The molecule has 0 bridgehead atoms. The van der Waals surface area contributed by atoms with E-state index in [-0.39, 0.29) is 0 Å². The van der Waals surface area contributed by atoms with Gasteiger partial charge in [0, 0.05) is 25.4 Å². The van der Waals surface area contributed by atoms with E-state index in [9.17, 15) is 0 Å². The number of benzene rings is 1. The van der Waals surface area contributed by atoms with Gasteiger partial charge in [-0.2, -0.15) is 4.98 Å². The zero-order valence-electron chi connectivity index (χ0n) is 12.7. The molecule has 0 aliphatic rings. The number of imidazole rings is 1. The Kier molecular flexibility index (Phi) is 4.33. The average Bonchev–Trinajstić information content (AvgIpc) is 2.96. The number of nitrogens with one attached hydrogen (secondary N) is 2. The van der Waals surface area contributed by atoms with Crippen LogP contribution < -0.4 is 10.6 Å². The molecule has 0 fully saturated rings. The molecule has 2 aromatic heterocycles. The van der Waals surface area contributed by atoms with Gasteiger partial charge >= 0.3 is 0 Å². The Morgan fingerprint density at radius 1 is 1.00 bits per heavy atom. The van der Waals surface area contributed by atoms with Crippen LogP contribution in [-0.2, 0) is 0 Å². The van der Waals surface area contributed by atoms with E-state index < -0.39 is 0 Å². The predicted molar refractivity (Wildman–Crippen MR) is 94.0 cm³/mol. The lowest BCUT2D eigenvalue weighted by atomic mass is 10.3. The second-order valence-electron chi connectivity index (χ2n) is 4.84. The number of nitrogens with zero attached hydrogens (tertiary/aromatic N) is 4. The highest BCUT2D eigenvalue weighted by Crippen LogP contribution is 2.23. The second-order valence-corrected chi connectivity index (χ2v) is 4.84. The van der Waals surface area contributed by atoms with Gasteiger partial charge in [-0.15, -0.1) is 13.2 Å². The Morgan fingerprint density at radius 2 is 1.78 bits per heavy atom. The van der Waals surface area contributed by atoms with Gasteiger partial charge in [-0.3, -0.25) is 4.57 Å². The molecule has 3 aromatic rings. The van der Waals surface area contributed by atoms with Crippen molar-refractivity contribution in [2.45, 2.75) is 0 Å². The minimum absolute atomic E-state index is 0.551. The molecular formula is C17H18N6. The quantitative estimate of drug-likeness (QED) is 0.657. The largest absolute Gasteiger partial charge is 0.352 e. The van der Waals surface area contributed by atoms with Crippen LogP contribution >= 0.6 is 0 Å². The second kappa shape index (κ2) is 6.74. The summed E-state index contributed by atoms with van der Waals surface area (Å²) in [6, 6.07) is 9.79. The maximum Gasteiger partial charge on any atom is 0.224 e. The Morgan fingerprint density at radius 3 is 2.61 bits per heavy atom. The third-order valence-corrected chi connectivity index (χ3v) is 3.24. The summed E-state index contributed by atoms with van der Waals surface area (Å²) in [5.74, 6) is 2.01. The molecule has 0 aliphatic carbocycles. The highest BCUT2D eigenvalue weighted by molar-refractivity contribution is 5.80. The zero-order chi connectivity index (χ0) is 16.1. The van der Waals surface area contributed by atoms with Gasteiger partial charge < -0.3 is 10.6 Å². The fourth-order valence-corrected chi connectivity index (χ4v) is 2.26. The number of hydrogen-bond acceptors (Lipinski definition) is 5. The first-order valence-electron chi connectivity index (χ1n) is 7.34. The normalized spacial score (nSPS) is 10.4. The number of hydrogen-bond donors (Lipinski definition) is 2. The SMILES string of the molecule is C=CCNc1nccc(-n2c(NCC=C)nc3ccccc32)n1. The molecule has 0 spiro atoms. The molecule has 23 heavy (non-hydrogen) atoms. The lowest BCUT2D eigenvalue weighted by Crippen LogP contribution is -2.09. The van der Waals surface area contributed by atoms with Crippen molar-refractivity contribution in [3.63, 3.8) is 0 Å². The van der Waals surface area contributed by atoms with Crippen molar-refractivity contribution in [3.8, 4) is 5.82 Å². The monoisotopic (exact) mass is 306 g/mol. The van der Waals surface area contributed by atoms with Crippen LogP contribution in [0.25, 0.3) is 16.9 Å². The highest BCUT2D eigenvalue weighted by atomic mass is 15.3. The summed E-state index contributed by atoms with van der Waals surface area (Å²) in [6.45, 7) is 8.65. The van der Waals surface area contributed by atoms with Crippen molar-refractivity contribution >= 4 is 22.9 Å². The summed E-state index contributed by atoms with van der Waals surface area (Å²) in [6.07, 6.45) is 5.28. The number of rotatable bonds is 7. The summed E-state index contributed by atoms with van der Waals surface area (Å²) in [5.41, 5.74) is 1.88. The molecule has 0 amide bonds. The number of para-hydroxylation sites is 2. The zero-order valence-corrected chi connectivity index (χ0v) is 12.7. The van der Waals surface area contributed by atoms with E-state index in [2.05, 4.69) is 38.7 Å². The topological polar surface area (TPSA) is 67.7 Å². The first-order chi connectivity index (χ1) is 11.3. The molecule has 1 aromatic carbocycles. The summed E-state index contributed by atoms with van der Waals surface area (Å²) in [4.78, 5) is 13.4. The predicted octanol–water partition coefficient (Wildman–Crippen LogP) is 3.01. The minimum atomic E-state index is 0.551. The Bertz CT molecular complexity index is 836. The average molecular weight is 306 g/mol. The van der Waals surface area contributed by atoms with Crippen LogP contribution in [0, 0.1) is 0 Å². The molecule has 3 rings (SSSR count). The molecule has 0 unspecified atom stereocenters. The summed E-state index contributed by atoms with van der Waals surface area (Å²) in [5, 5.41) is 6.35. The number of anilines is 2. The number of aromatic nitrogens is 4. The Hall–Kier alpha value is -3.15. The van der Waals surface area contributed by atoms with Gasteiger partial charge in [-0.05, 0) is 12.1 Å². The van der Waals surface area contributed by atoms with Crippen molar-refractivity contribution < 1.29 is 0 Å². The standard InChI is InChI=1S/C17H18N6/c1-3-10-18-16-19-12-9-15(22-16)23-14-8-6-5-7-13(14)21-17(23)20-11-4-2/h3-9,12H,1-2,10-11H2,(H,20,21)(H,18,19,22). The van der Waals surface area contributed by atoms with Crippen LogP contribution in [0.4, 0.5) is 11.9 Å². The van der Waals surface area contributed by atoms with E-state index in [0.717, 1.165) is 22.8 Å². The fraction of sp³-hybridized carbons (Fsp3) is 0.118. The molecule has 0 saturated heterocycles. The molecule has 116 valence electrons. The van der Waals surface area contributed by atoms with Crippen LogP contribution in [0.15, 0.2) is 61.8 Å². The summed E-state index contributed by atoms with van der Waals surface area (Å²) >= 11 is 0. The maximum absolute atomic E-state index is 4.63. The van der Waals surface area contributed by atoms with Gasteiger partial charge in [0.15, 0.2) is 0 Å². The summed E-state index contributed by atoms with van der Waals surface area (Å²) < 4.78 is 1.97. The Labute approximate surface area is 134 Å². The molecule has 0 atom stereocenters. The molecule has 6 nitrogen and oxygen atoms in total. The fourth-order valence-electron chi connectivity index (χ4n) is 2.26. The van der Waals surface area contributed by atoms with Gasteiger partial charge in [0.1, 0.15) is 5.82 Å². The Balaban J connectivity index is 2.09. The maximum atomic E-state index is 4.63. The molecule has 2 heterocycles. The van der Waals surface area contributed by atoms with Gasteiger partial charge in [-0.1, -0.05) is 24.3 Å². The third kappa shape index (κ3) is 3.06. The molecule has 0 saturated carbocycles. The highest BCUT2D eigenvalue weighted by Gasteiger charge is 2.13. The van der Waals surface area contributed by atoms with Crippen LogP contribution in [0.1, 0.15) is 0 Å². The van der Waals surface area contributed by atoms with Crippen LogP contribution in [0.3, 0.4) is 0 Å². The lowest BCUT2D eigenvalue weighted by molar-refractivity contribution is 0.986. The smallest absolute Gasteiger partial charge is 0.224 e. The van der Waals surface area contributed by atoms with Gasteiger partial charge in [-0.25, -0.2) is 9.97 Å². The molecular weight excluding hydrogens is 288 g/mol. The van der Waals surface area contributed by atoms with Crippen molar-refractivity contribution in [3.05, 3.63) is 61.8 Å². The van der Waals surface area contributed by atoms with E-state index >= 15 is 0 Å². The molecule has 0 radical (unpaired) electrons. The molecule has 2 N–H and O–H groups in total. The van der Waals surface area contributed by atoms with Crippen LogP contribution in [-0.4, -0.2) is 32.6 Å². The first-order valence-corrected chi connectivity index (χ1v) is 7.34. The number of fused-ring (bicyclic) bond motifs is 1. The van der Waals surface area contributed by atoms with E-state index in [1.54, 1.807) is 18.3 Å². The van der Waals surface area contributed by atoms with Crippen molar-refractivity contribution in [1.29, 1.82) is 0 Å². The van der Waals surface area contributed by atoms with E-state index in [1.807, 2.05) is 34.9 Å². The summed E-state index contributed by atoms with van der Waals surface area (Å²) in [7, 11) is 0. The van der Waals surface area contributed by atoms with E-state index in [4.69, 9.17) is 0 Å². The van der Waals surface area contributed by atoms with Gasteiger partial charge in [0.2, 0.25) is 11.9 Å². The van der Waals surface area contributed by atoms with Crippen LogP contribution in [0.5, 0.6) is 0 Å². The van der Waals surface area contributed by atoms with E-state index in [1.165, 1.54) is 0 Å². The first kappa shape index (κ1) is 14.8. The molecule has 6 heteroatoms. The van der Waals surface area contributed by atoms with Crippen molar-refractivity contribution in [2.24, 2.45) is 0 Å². The minimum Gasteiger partial charge on any atom is -0.352 e. The lowest BCUT2D eigenvalue weighted by Gasteiger charge is -2.10. The molecule has 0 aliphatic heterocycles. The third-order valence-electron chi connectivity index (χ3n) is 3.24. The van der Waals surface area contributed by atoms with Gasteiger partial charge in [0.25, 0.3) is 0 Å².